The van der Waals surface area contributed by atoms with Crippen LogP contribution in [0, 0.1) is 5.21 Å². The first kappa shape index (κ1) is 13.0. The molecule has 6 heteroatoms. The van der Waals surface area contributed by atoms with Gasteiger partial charge < -0.3 is 16.1 Å². The molecule has 0 aliphatic carbocycles. The first-order chi connectivity index (χ1) is 6.57. The van der Waals surface area contributed by atoms with Gasteiger partial charge in [0.15, 0.2) is 0 Å². The molecule has 0 fully saturated rings. The molecule has 0 rings (SSSR count). The molecule has 0 saturated heterocycles. The summed E-state index contributed by atoms with van der Waals surface area (Å²) in [5, 5.41) is 22.7. The van der Waals surface area contributed by atoms with Crippen LogP contribution in [-0.4, -0.2) is 34.8 Å². The summed E-state index contributed by atoms with van der Waals surface area (Å²) in [5.74, 6) is 0. The van der Waals surface area contributed by atoms with Crippen molar-refractivity contribution in [3.8, 4) is 0 Å². The van der Waals surface area contributed by atoms with Crippen molar-refractivity contribution in [2.45, 2.75) is 38.6 Å². The number of hydrogen-bond donors (Lipinski definition) is 2. The van der Waals surface area contributed by atoms with Crippen molar-refractivity contribution in [1.29, 1.82) is 0 Å². The molecule has 0 aliphatic rings. The van der Waals surface area contributed by atoms with Crippen molar-refractivity contribution in [2.24, 2.45) is 11.0 Å². The molecule has 84 valence electrons. The van der Waals surface area contributed by atoms with E-state index in [0.29, 0.717) is 6.54 Å². The molecule has 0 aromatic rings. The molecule has 0 radical (unpaired) electrons. The maximum atomic E-state index is 10.7. The second-order valence-electron chi connectivity index (χ2n) is 3.55. The highest BCUT2D eigenvalue weighted by molar-refractivity contribution is 4.53. The standard InChI is InChI=1S/C8H20N4O2/c1-8(9)6-4-3-5-7-11(2)12(14)10-13/h8,13H,3-7,9H2,1-2H3. The van der Waals surface area contributed by atoms with E-state index in [1.807, 2.05) is 6.92 Å². The van der Waals surface area contributed by atoms with Crippen molar-refractivity contribution in [3.05, 3.63) is 5.21 Å². The number of nitrogens with two attached hydrogens (primary N) is 1. The molecule has 0 bridgehead atoms. The highest BCUT2D eigenvalue weighted by Gasteiger charge is 2.04. The molecule has 6 nitrogen and oxygen atoms in total. The van der Waals surface area contributed by atoms with E-state index >= 15 is 0 Å². The second kappa shape index (κ2) is 7.37. The van der Waals surface area contributed by atoms with Gasteiger partial charge in [0.2, 0.25) is 5.28 Å². The van der Waals surface area contributed by atoms with E-state index < -0.39 is 0 Å². The first-order valence-corrected chi connectivity index (χ1v) is 4.86. The smallest absolute Gasteiger partial charge is 0.230 e. The second-order valence-corrected chi connectivity index (χ2v) is 3.55. The Morgan fingerprint density at radius 3 is 2.64 bits per heavy atom. The molecule has 14 heavy (non-hydrogen) atoms. The molecule has 0 saturated carbocycles. The van der Waals surface area contributed by atoms with E-state index in [4.69, 9.17) is 10.9 Å². The van der Waals surface area contributed by atoms with E-state index in [9.17, 15) is 5.21 Å². The van der Waals surface area contributed by atoms with E-state index in [-0.39, 0.29) is 11.0 Å². The van der Waals surface area contributed by atoms with Crippen molar-refractivity contribution >= 4 is 0 Å². The summed E-state index contributed by atoms with van der Waals surface area (Å²) in [6.07, 6.45) is 4.01. The Morgan fingerprint density at radius 2 is 2.14 bits per heavy atom. The summed E-state index contributed by atoms with van der Waals surface area (Å²) in [6.45, 7) is 2.57. The van der Waals surface area contributed by atoms with Crippen LogP contribution in [0.1, 0.15) is 32.6 Å². The molecule has 0 spiro atoms. The van der Waals surface area contributed by atoms with Crippen LogP contribution in [-0.2, 0) is 0 Å². The molecule has 0 aromatic carbocycles. The summed E-state index contributed by atoms with van der Waals surface area (Å²) in [7, 11) is 1.58. The third-order valence-corrected chi connectivity index (χ3v) is 2.01. The number of nitrogens with zero attached hydrogens (tertiary/aromatic N) is 3. The average Bonchev–Trinajstić information content (AvgIpc) is 2.15. The lowest BCUT2D eigenvalue weighted by molar-refractivity contribution is -0.704. The Kier molecular flexibility index (Phi) is 6.82. The lowest BCUT2D eigenvalue weighted by atomic mass is 10.1. The molecular weight excluding hydrogens is 184 g/mol. The van der Waals surface area contributed by atoms with E-state index in [1.54, 1.807) is 7.05 Å². The molecule has 0 amide bonds. The van der Waals surface area contributed by atoms with Crippen LogP contribution in [0.15, 0.2) is 5.28 Å². The quantitative estimate of drug-likeness (QED) is 0.281. The lowest BCUT2D eigenvalue weighted by Crippen LogP contribution is -2.27. The molecule has 1 atom stereocenters. The highest BCUT2D eigenvalue weighted by Crippen LogP contribution is 2.02. The van der Waals surface area contributed by atoms with Crippen molar-refractivity contribution in [3.63, 3.8) is 0 Å². The largest absolute Gasteiger partial charge is 0.569 e. The first-order valence-electron chi connectivity index (χ1n) is 4.86. The van der Waals surface area contributed by atoms with Crippen LogP contribution in [0.5, 0.6) is 0 Å². The SMILES string of the molecule is CC(N)CCCCCN(C)[N+]([O-])=NO. The Hall–Kier alpha value is -1.04. The van der Waals surface area contributed by atoms with Gasteiger partial charge in [-0.3, -0.25) is 0 Å². The van der Waals surface area contributed by atoms with Gasteiger partial charge in [-0.25, -0.2) is 0 Å². The zero-order valence-electron chi connectivity index (χ0n) is 8.89. The van der Waals surface area contributed by atoms with Gasteiger partial charge in [-0.05, 0) is 19.8 Å². The third-order valence-electron chi connectivity index (χ3n) is 2.01. The number of hydrazine groups is 1. The Labute approximate surface area is 84.5 Å². The Morgan fingerprint density at radius 1 is 1.50 bits per heavy atom. The Balaban J connectivity index is 3.36. The van der Waals surface area contributed by atoms with Gasteiger partial charge in [0.05, 0.1) is 18.6 Å². The van der Waals surface area contributed by atoms with Gasteiger partial charge in [-0.1, -0.05) is 12.8 Å². The number of hydrogen-bond acceptors (Lipinski definition) is 3. The zero-order chi connectivity index (χ0) is 11.0. The van der Waals surface area contributed by atoms with Crippen LogP contribution in [0.4, 0.5) is 0 Å². The minimum Gasteiger partial charge on any atom is -0.569 e. The lowest BCUT2D eigenvalue weighted by Gasteiger charge is -2.11. The fourth-order valence-electron chi connectivity index (χ4n) is 1.14. The van der Waals surface area contributed by atoms with Crippen LogP contribution in [0.3, 0.4) is 0 Å². The maximum absolute atomic E-state index is 10.7. The van der Waals surface area contributed by atoms with Gasteiger partial charge in [0.1, 0.15) is 0 Å². The van der Waals surface area contributed by atoms with Crippen molar-refractivity contribution in [1.82, 2.24) is 5.01 Å². The minimum absolute atomic E-state index is 0.172. The summed E-state index contributed by atoms with van der Waals surface area (Å²) in [4.78, 5) is 0.172. The normalized spacial score (nSPS) is 14.1. The van der Waals surface area contributed by atoms with Crippen LogP contribution in [0.25, 0.3) is 0 Å². The predicted octanol–water partition coefficient (Wildman–Crippen LogP) is 1.09. The topological polar surface area (TPSA) is 87.9 Å². The van der Waals surface area contributed by atoms with E-state index in [0.717, 1.165) is 25.7 Å². The fraction of sp³-hybridized carbons (Fsp3) is 1.00. The Bertz CT molecular complexity index is 173. The van der Waals surface area contributed by atoms with Gasteiger partial charge in [0.25, 0.3) is 0 Å². The van der Waals surface area contributed by atoms with Crippen molar-refractivity contribution < 1.29 is 10.2 Å². The summed E-state index contributed by atoms with van der Waals surface area (Å²) in [5.41, 5.74) is 5.59. The monoisotopic (exact) mass is 204 g/mol. The molecule has 0 aliphatic heterocycles. The average molecular weight is 204 g/mol. The molecular formula is C8H20N4O2. The summed E-state index contributed by atoms with van der Waals surface area (Å²) in [6, 6.07) is 0.246. The highest BCUT2D eigenvalue weighted by atomic mass is 16.6. The van der Waals surface area contributed by atoms with Gasteiger partial charge in [0, 0.05) is 6.04 Å². The van der Waals surface area contributed by atoms with Gasteiger partial charge in [-0.15, -0.1) is 5.01 Å². The maximum Gasteiger partial charge on any atom is 0.230 e. The zero-order valence-corrected chi connectivity index (χ0v) is 8.89. The molecule has 0 heterocycles. The predicted molar refractivity (Wildman–Crippen MR) is 52.6 cm³/mol. The number of unbranched alkanes of at least 4 members (excludes halogenated alkanes) is 2. The van der Waals surface area contributed by atoms with Gasteiger partial charge >= 0.3 is 0 Å². The van der Waals surface area contributed by atoms with Crippen LogP contribution >= 0.6 is 0 Å². The van der Waals surface area contributed by atoms with E-state index in [1.165, 1.54) is 5.01 Å². The number of rotatable bonds is 7. The van der Waals surface area contributed by atoms with Crippen molar-refractivity contribution in [2.75, 3.05) is 13.6 Å². The van der Waals surface area contributed by atoms with E-state index in [2.05, 4.69) is 5.28 Å². The molecule has 1 unspecified atom stereocenters. The van der Waals surface area contributed by atoms with Crippen LogP contribution < -0.4 is 5.73 Å². The van der Waals surface area contributed by atoms with Gasteiger partial charge in [-0.2, -0.15) is 0 Å². The molecule has 3 N–H and O–H groups in total. The van der Waals surface area contributed by atoms with Crippen LogP contribution in [0.2, 0.25) is 0 Å². The third kappa shape index (κ3) is 6.47. The summed E-state index contributed by atoms with van der Waals surface area (Å²) >= 11 is 0. The molecule has 0 aromatic heterocycles. The fourth-order valence-corrected chi connectivity index (χ4v) is 1.14. The minimum atomic E-state index is 0.172. The summed E-state index contributed by atoms with van der Waals surface area (Å²) < 4.78 is 0.